The molecule has 186 valence electrons. The van der Waals surface area contributed by atoms with Gasteiger partial charge in [0.15, 0.2) is 0 Å². The summed E-state index contributed by atoms with van der Waals surface area (Å²) in [6.07, 6.45) is 1.31. The molecule has 2 aromatic heterocycles. The van der Waals surface area contributed by atoms with Gasteiger partial charge in [0.25, 0.3) is 0 Å². The van der Waals surface area contributed by atoms with Gasteiger partial charge in [0.2, 0.25) is 0 Å². The normalized spacial score (nSPS) is 11.6. The topological polar surface area (TPSA) is 57.5 Å². The lowest BCUT2D eigenvalue weighted by molar-refractivity contribution is 1.12. The first-order valence-corrected chi connectivity index (χ1v) is 13.3. The Balaban J connectivity index is 1.54. The monoisotopic (exact) mass is 510 g/mol. The van der Waals surface area contributed by atoms with Gasteiger partial charge >= 0.3 is 0 Å². The quantitative estimate of drug-likeness (QED) is 0.237. The fourth-order valence-corrected chi connectivity index (χ4v) is 6.30. The van der Waals surface area contributed by atoms with Crippen molar-refractivity contribution < 1.29 is 0 Å². The number of nitriles is 1. The summed E-state index contributed by atoms with van der Waals surface area (Å²) in [5.41, 5.74) is 7.02. The summed E-state index contributed by atoms with van der Waals surface area (Å²) in [5, 5.41) is 25.6. The molecule has 0 saturated heterocycles. The molecule has 0 aliphatic carbocycles. The SMILES string of the molecule is N#Cc1cc(-n2c3ccccc3c3cc4ccccc4cc32)cc(-n2c3ccccc3c3ccccc32)c1C=N. The molecule has 4 nitrogen and oxygen atoms in total. The molecule has 1 N–H and O–H groups in total. The molecule has 0 fully saturated rings. The van der Waals surface area contributed by atoms with Crippen LogP contribution in [0.1, 0.15) is 11.1 Å². The van der Waals surface area contributed by atoms with Crippen LogP contribution in [-0.2, 0) is 0 Å². The Morgan fingerprint density at radius 2 is 1.07 bits per heavy atom. The number of nitrogens with one attached hydrogen (secondary N) is 1. The van der Waals surface area contributed by atoms with E-state index in [9.17, 15) is 5.26 Å². The van der Waals surface area contributed by atoms with Crippen molar-refractivity contribution in [3.63, 3.8) is 0 Å². The van der Waals surface area contributed by atoms with Crippen molar-refractivity contribution in [2.45, 2.75) is 0 Å². The summed E-state index contributed by atoms with van der Waals surface area (Å²) in [6, 6.07) is 44.4. The summed E-state index contributed by atoms with van der Waals surface area (Å²) in [5.74, 6) is 0. The highest BCUT2D eigenvalue weighted by molar-refractivity contribution is 6.14. The standard InChI is InChI=1S/C36H22N4/c37-21-25-17-26(39-32-14-6-5-13-29(32)30-18-23-9-1-2-10-24(23)19-35(30)39)20-36(31(25)22-38)40-33-15-7-3-11-27(33)28-12-4-8-16-34(28)40/h1-20,22,38H. The summed E-state index contributed by atoms with van der Waals surface area (Å²) in [6.45, 7) is 0. The Morgan fingerprint density at radius 1 is 0.550 bits per heavy atom. The van der Waals surface area contributed by atoms with Crippen LogP contribution < -0.4 is 0 Å². The van der Waals surface area contributed by atoms with Crippen LogP contribution in [0.2, 0.25) is 0 Å². The number of para-hydroxylation sites is 3. The molecule has 4 heteroatoms. The molecule has 0 bridgehead atoms. The second kappa shape index (κ2) is 8.42. The van der Waals surface area contributed by atoms with Crippen molar-refractivity contribution in [1.29, 1.82) is 10.7 Å². The molecule has 0 atom stereocenters. The van der Waals surface area contributed by atoms with E-state index < -0.39 is 0 Å². The van der Waals surface area contributed by atoms with E-state index >= 15 is 0 Å². The molecular formula is C36H22N4. The van der Waals surface area contributed by atoms with Gasteiger partial charge in [-0.15, -0.1) is 0 Å². The van der Waals surface area contributed by atoms with Gasteiger partial charge in [-0.25, -0.2) is 0 Å². The highest BCUT2D eigenvalue weighted by Gasteiger charge is 2.20. The van der Waals surface area contributed by atoms with Crippen LogP contribution in [0.25, 0.3) is 65.8 Å². The maximum Gasteiger partial charge on any atom is 0.1000 e. The lowest BCUT2D eigenvalue weighted by Crippen LogP contribution is -2.05. The molecule has 0 spiro atoms. The minimum absolute atomic E-state index is 0.469. The van der Waals surface area contributed by atoms with Gasteiger partial charge in [0, 0.05) is 39.0 Å². The van der Waals surface area contributed by atoms with Gasteiger partial charge in [-0.2, -0.15) is 5.26 Å². The highest BCUT2D eigenvalue weighted by Crippen LogP contribution is 2.38. The molecule has 0 aliphatic heterocycles. The molecule has 0 saturated carbocycles. The Kier molecular flexibility index (Phi) is 4.70. The first-order chi connectivity index (χ1) is 19.8. The van der Waals surface area contributed by atoms with Crippen molar-refractivity contribution in [1.82, 2.24) is 9.13 Å². The largest absolute Gasteiger partial charge is 0.309 e. The third-order valence-electron chi connectivity index (χ3n) is 8.03. The maximum absolute atomic E-state index is 10.3. The summed E-state index contributed by atoms with van der Waals surface area (Å²) < 4.78 is 4.45. The van der Waals surface area contributed by atoms with Gasteiger partial charge in [0.05, 0.1) is 39.4 Å². The van der Waals surface area contributed by atoms with Gasteiger partial charge in [-0.3, -0.25) is 0 Å². The third kappa shape index (κ3) is 3.03. The predicted octanol–water partition coefficient (Wildman–Crippen LogP) is 8.90. The number of aromatic nitrogens is 2. The molecule has 0 aliphatic rings. The minimum Gasteiger partial charge on any atom is -0.309 e. The fourth-order valence-electron chi connectivity index (χ4n) is 6.30. The Hall–Kier alpha value is -5.66. The zero-order valence-electron chi connectivity index (χ0n) is 21.5. The van der Waals surface area contributed by atoms with Crippen molar-refractivity contribution in [2.24, 2.45) is 0 Å². The van der Waals surface area contributed by atoms with Gasteiger partial charge in [-0.05, 0) is 53.2 Å². The second-order valence-electron chi connectivity index (χ2n) is 10.1. The van der Waals surface area contributed by atoms with Crippen LogP contribution >= 0.6 is 0 Å². The molecule has 8 aromatic rings. The van der Waals surface area contributed by atoms with Crippen molar-refractivity contribution in [3.8, 4) is 17.4 Å². The lowest BCUT2D eigenvalue weighted by Gasteiger charge is -2.16. The molecule has 0 radical (unpaired) electrons. The van der Waals surface area contributed by atoms with Crippen LogP contribution in [0, 0.1) is 16.7 Å². The number of rotatable bonds is 3. The molecule has 0 amide bonds. The maximum atomic E-state index is 10.3. The van der Waals surface area contributed by atoms with Crippen LogP contribution in [-0.4, -0.2) is 15.3 Å². The molecule has 8 rings (SSSR count). The molecule has 40 heavy (non-hydrogen) atoms. The van der Waals surface area contributed by atoms with Crippen LogP contribution in [0.3, 0.4) is 0 Å². The summed E-state index contributed by atoms with van der Waals surface area (Å²) >= 11 is 0. The van der Waals surface area contributed by atoms with E-state index in [1.165, 1.54) is 22.4 Å². The number of benzene rings is 6. The first-order valence-electron chi connectivity index (χ1n) is 13.3. The fraction of sp³-hybridized carbons (Fsp3) is 0. The Bertz CT molecular complexity index is 2310. The van der Waals surface area contributed by atoms with Gasteiger partial charge in [-0.1, -0.05) is 78.9 Å². The van der Waals surface area contributed by atoms with E-state index in [0.29, 0.717) is 11.1 Å². The average Bonchev–Trinajstić information content (AvgIpc) is 3.51. The first kappa shape index (κ1) is 22.3. The predicted molar refractivity (Wildman–Crippen MR) is 165 cm³/mol. The van der Waals surface area contributed by atoms with Crippen molar-refractivity contribution in [2.75, 3.05) is 0 Å². The van der Waals surface area contributed by atoms with Crippen LogP contribution in [0.15, 0.2) is 121 Å². The second-order valence-corrected chi connectivity index (χ2v) is 10.1. The van der Waals surface area contributed by atoms with Crippen molar-refractivity contribution in [3.05, 3.63) is 132 Å². The number of hydrogen-bond acceptors (Lipinski definition) is 2. The molecule has 6 aromatic carbocycles. The van der Waals surface area contributed by atoms with E-state index in [4.69, 9.17) is 5.41 Å². The van der Waals surface area contributed by atoms with E-state index in [1.807, 2.05) is 18.2 Å². The lowest BCUT2D eigenvalue weighted by atomic mass is 10.0. The summed E-state index contributed by atoms with van der Waals surface area (Å²) in [4.78, 5) is 0. The van der Waals surface area contributed by atoms with Crippen LogP contribution in [0.4, 0.5) is 0 Å². The highest BCUT2D eigenvalue weighted by atomic mass is 15.0. The smallest absolute Gasteiger partial charge is 0.1000 e. The van der Waals surface area contributed by atoms with Crippen LogP contribution in [0.5, 0.6) is 0 Å². The van der Waals surface area contributed by atoms with Gasteiger partial charge in [0.1, 0.15) is 0 Å². The van der Waals surface area contributed by atoms with Gasteiger partial charge < -0.3 is 14.5 Å². The van der Waals surface area contributed by atoms with E-state index in [2.05, 4.69) is 118 Å². The van der Waals surface area contributed by atoms with E-state index in [1.54, 1.807) is 0 Å². The Morgan fingerprint density at radius 3 is 1.68 bits per heavy atom. The number of hydrogen-bond donors (Lipinski definition) is 1. The number of fused-ring (bicyclic) bond motifs is 7. The summed E-state index contributed by atoms with van der Waals surface area (Å²) in [7, 11) is 0. The Labute approximate surface area is 230 Å². The average molecular weight is 511 g/mol. The molecular weight excluding hydrogens is 488 g/mol. The minimum atomic E-state index is 0.469. The van der Waals surface area contributed by atoms with E-state index in [-0.39, 0.29) is 0 Å². The van der Waals surface area contributed by atoms with E-state index in [0.717, 1.165) is 49.6 Å². The van der Waals surface area contributed by atoms with Crippen molar-refractivity contribution >= 4 is 60.6 Å². The third-order valence-corrected chi connectivity index (χ3v) is 8.03. The number of nitrogens with zero attached hydrogens (tertiary/aromatic N) is 3. The molecule has 0 unspecified atom stereocenters. The zero-order valence-corrected chi connectivity index (χ0v) is 21.5. The molecule has 2 heterocycles. The zero-order chi connectivity index (χ0) is 26.8.